The number of hydrogen-bond acceptors (Lipinski definition) is 4. The number of rotatable bonds is 2. The van der Waals surface area contributed by atoms with Crippen molar-refractivity contribution in [1.82, 2.24) is 20.2 Å². The highest BCUT2D eigenvalue weighted by molar-refractivity contribution is 6.30. The first-order valence-corrected chi connectivity index (χ1v) is 7.83. The predicted octanol–water partition coefficient (Wildman–Crippen LogP) is 2.36. The van der Waals surface area contributed by atoms with Gasteiger partial charge in [0.05, 0.1) is 0 Å². The van der Waals surface area contributed by atoms with Gasteiger partial charge in [0.1, 0.15) is 10.7 Å². The van der Waals surface area contributed by atoms with Gasteiger partial charge in [0.25, 0.3) is 5.91 Å². The van der Waals surface area contributed by atoms with Crippen LogP contribution in [0.5, 0.6) is 0 Å². The van der Waals surface area contributed by atoms with Crippen molar-refractivity contribution in [3.8, 4) is 0 Å². The van der Waals surface area contributed by atoms with Crippen LogP contribution in [0.1, 0.15) is 35.4 Å². The summed E-state index contributed by atoms with van der Waals surface area (Å²) < 4.78 is 37.9. The number of carbonyl (C=O) groups is 1. The molecule has 1 atom stereocenters. The quantitative estimate of drug-likeness (QED) is 0.834. The number of aromatic nitrogens is 2. The SMILES string of the molecule is O=C(NC1CC2CCN(CC2)C1)c1ncc(C(F)(F)F)c(Cl)n1. The van der Waals surface area contributed by atoms with Crippen LogP contribution in [0.2, 0.25) is 5.15 Å². The highest BCUT2D eigenvalue weighted by Gasteiger charge is 2.35. The maximum absolute atomic E-state index is 12.6. The Morgan fingerprint density at radius 2 is 2.04 bits per heavy atom. The second-order valence-electron chi connectivity index (χ2n) is 6.05. The molecule has 3 fully saturated rings. The van der Waals surface area contributed by atoms with Gasteiger partial charge in [-0.25, -0.2) is 9.97 Å². The molecule has 2 bridgehead atoms. The molecule has 23 heavy (non-hydrogen) atoms. The van der Waals surface area contributed by atoms with Gasteiger partial charge in [0.2, 0.25) is 5.82 Å². The maximum Gasteiger partial charge on any atom is 0.420 e. The first kappa shape index (κ1) is 16.4. The second kappa shape index (κ2) is 6.24. The summed E-state index contributed by atoms with van der Waals surface area (Å²) in [5.41, 5.74) is -1.14. The van der Waals surface area contributed by atoms with Crippen molar-refractivity contribution in [2.75, 3.05) is 19.6 Å². The molecule has 0 radical (unpaired) electrons. The largest absolute Gasteiger partial charge is 0.420 e. The van der Waals surface area contributed by atoms with E-state index in [1.54, 1.807) is 0 Å². The summed E-state index contributed by atoms with van der Waals surface area (Å²) in [6.07, 6.45) is -0.981. The highest BCUT2D eigenvalue weighted by atomic mass is 35.5. The van der Waals surface area contributed by atoms with E-state index in [1.165, 1.54) is 0 Å². The van der Waals surface area contributed by atoms with Crippen LogP contribution < -0.4 is 5.32 Å². The molecular formula is C14H16ClF3N4O. The molecule has 1 unspecified atom stereocenters. The van der Waals surface area contributed by atoms with Crippen LogP contribution in [-0.4, -0.2) is 46.5 Å². The molecular weight excluding hydrogens is 333 g/mol. The number of piperidine rings is 1. The number of nitrogens with zero attached hydrogens (tertiary/aromatic N) is 3. The summed E-state index contributed by atoms with van der Waals surface area (Å²) >= 11 is 5.52. The van der Waals surface area contributed by atoms with Crippen LogP contribution in [0.25, 0.3) is 0 Å². The predicted molar refractivity (Wildman–Crippen MR) is 77.1 cm³/mol. The zero-order valence-corrected chi connectivity index (χ0v) is 13.0. The van der Waals surface area contributed by atoms with Gasteiger partial charge in [-0.05, 0) is 38.3 Å². The van der Waals surface area contributed by atoms with E-state index in [2.05, 4.69) is 20.2 Å². The summed E-state index contributed by atoms with van der Waals surface area (Å²) in [4.78, 5) is 21.5. The summed E-state index contributed by atoms with van der Waals surface area (Å²) in [7, 11) is 0. The smallest absolute Gasteiger partial charge is 0.345 e. The summed E-state index contributed by atoms with van der Waals surface area (Å²) in [6, 6.07) is -0.0397. The number of fused-ring (bicyclic) bond motifs is 4. The third-order valence-corrected chi connectivity index (χ3v) is 4.68. The Balaban J connectivity index is 1.70. The molecule has 3 aliphatic heterocycles. The lowest BCUT2D eigenvalue weighted by atomic mass is 9.94. The van der Waals surface area contributed by atoms with Gasteiger partial charge in [-0.3, -0.25) is 4.79 Å². The third kappa shape index (κ3) is 3.74. The lowest BCUT2D eigenvalue weighted by Gasteiger charge is -2.26. The fourth-order valence-electron chi connectivity index (χ4n) is 3.21. The first-order chi connectivity index (χ1) is 10.8. The topological polar surface area (TPSA) is 58.1 Å². The summed E-state index contributed by atoms with van der Waals surface area (Å²) in [5.74, 6) is -0.348. The molecule has 3 aliphatic rings. The molecule has 9 heteroatoms. The fourth-order valence-corrected chi connectivity index (χ4v) is 3.44. The van der Waals surface area contributed by atoms with Gasteiger partial charge < -0.3 is 10.2 Å². The number of halogens is 4. The van der Waals surface area contributed by atoms with Crippen LogP contribution in [0.15, 0.2) is 6.20 Å². The van der Waals surface area contributed by atoms with Crippen molar-refractivity contribution in [3.05, 3.63) is 22.7 Å². The number of nitrogens with one attached hydrogen (secondary N) is 1. The van der Waals surface area contributed by atoms with Gasteiger partial charge in [-0.15, -0.1) is 0 Å². The molecule has 4 rings (SSSR count). The van der Waals surface area contributed by atoms with E-state index in [0.717, 1.165) is 38.9 Å². The number of hydrogen-bond donors (Lipinski definition) is 1. The second-order valence-corrected chi connectivity index (χ2v) is 6.40. The Morgan fingerprint density at radius 1 is 1.35 bits per heavy atom. The number of carbonyl (C=O) groups excluding carboxylic acids is 1. The van der Waals surface area contributed by atoms with Crippen molar-refractivity contribution >= 4 is 17.5 Å². The molecule has 0 spiro atoms. The van der Waals surface area contributed by atoms with E-state index in [4.69, 9.17) is 11.6 Å². The van der Waals surface area contributed by atoms with Crippen LogP contribution in [0.3, 0.4) is 0 Å². The molecule has 1 amide bonds. The average Bonchev–Trinajstić information content (AvgIpc) is 2.77. The van der Waals surface area contributed by atoms with Crippen molar-refractivity contribution in [2.24, 2.45) is 5.92 Å². The van der Waals surface area contributed by atoms with E-state index in [0.29, 0.717) is 12.1 Å². The molecule has 4 heterocycles. The molecule has 0 saturated carbocycles. The standard InChI is InChI=1S/C14H16ClF3N4O/c15-11-10(14(16,17)18)6-19-12(21-11)13(23)20-9-5-8-1-3-22(7-9)4-2-8/h6,8-9H,1-5,7H2,(H,20,23). The van der Waals surface area contributed by atoms with Crippen molar-refractivity contribution in [3.63, 3.8) is 0 Å². The zero-order chi connectivity index (χ0) is 16.6. The maximum atomic E-state index is 12.6. The van der Waals surface area contributed by atoms with Gasteiger partial charge in [0, 0.05) is 18.8 Å². The summed E-state index contributed by atoms with van der Waals surface area (Å²) in [6.45, 7) is 2.80. The fraction of sp³-hybridized carbons (Fsp3) is 0.643. The van der Waals surface area contributed by atoms with E-state index >= 15 is 0 Å². The Labute approximate surface area is 136 Å². The van der Waals surface area contributed by atoms with Crippen molar-refractivity contribution < 1.29 is 18.0 Å². The Bertz CT molecular complexity index is 588. The first-order valence-electron chi connectivity index (χ1n) is 7.46. The van der Waals surface area contributed by atoms with Crippen LogP contribution in [-0.2, 0) is 6.18 Å². The van der Waals surface area contributed by atoms with Gasteiger partial charge in [-0.2, -0.15) is 13.2 Å². The normalized spacial score (nSPS) is 27.6. The molecule has 0 aromatic carbocycles. The zero-order valence-electron chi connectivity index (χ0n) is 12.2. The van der Waals surface area contributed by atoms with Gasteiger partial charge >= 0.3 is 6.18 Å². The Morgan fingerprint density at radius 3 is 2.65 bits per heavy atom. The molecule has 1 aromatic rings. The minimum Gasteiger partial charge on any atom is -0.345 e. The van der Waals surface area contributed by atoms with E-state index in [9.17, 15) is 18.0 Å². The lowest BCUT2D eigenvalue weighted by molar-refractivity contribution is -0.138. The van der Waals surface area contributed by atoms with E-state index in [-0.39, 0.29) is 11.9 Å². The van der Waals surface area contributed by atoms with E-state index in [1.807, 2.05) is 0 Å². The monoisotopic (exact) mass is 348 g/mol. The number of alkyl halides is 3. The van der Waals surface area contributed by atoms with Crippen LogP contribution >= 0.6 is 11.6 Å². The molecule has 5 nitrogen and oxygen atoms in total. The average molecular weight is 349 g/mol. The Hall–Kier alpha value is -1.41. The molecule has 3 saturated heterocycles. The molecule has 0 aliphatic carbocycles. The number of amides is 1. The van der Waals surface area contributed by atoms with Crippen LogP contribution in [0, 0.1) is 5.92 Å². The van der Waals surface area contributed by atoms with Crippen LogP contribution in [0.4, 0.5) is 13.2 Å². The molecule has 126 valence electrons. The van der Waals surface area contributed by atoms with Gasteiger partial charge in [0.15, 0.2) is 0 Å². The molecule has 1 aromatic heterocycles. The van der Waals surface area contributed by atoms with Gasteiger partial charge in [-0.1, -0.05) is 11.6 Å². The highest BCUT2D eigenvalue weighted by Crippen LogP contribution is 2.33. The Kier molecular flexibility index (Phi) is 4.46. The van der Waals surface area contributed by atoms with Crippen molar-refractivity contribution in [2.45, 2.75) is 31.5 Å². The minimum atomic E-state index is -4.64. The summed E-state index contributed by atoms with van der Waals surface area (Å²) in [5, 5.41) is 2.05. The minimum absolute atomic E-state index is 0.0397. The third-order valence-electron chi connectivity index (χ3n) is 4.39. The molecule has 1 N–H and O–H groups in total. The lowest BCUT2D eigenvalue weighted by Crippen LogP contribution is -2.42. The van der Waals surface area contributed by atoms with E-state index < -0.39 is 22.8 Å². The van der Waals surface area contributed by atoms with Crippen molar-refractivity contribution in [1.29, 1.82) is 0 Å².